The lowest BCUT2D eigenvalue weighted by Crippen LogP contribution is -2.47. The van der Waals surface area contributed by atoms with Crippen LogP contribution in [0.25, 0.3) is 0 Å². The third-order valence-electron chi connectivity index (χ3n) is 4.72. The van der Waals surface area contributed by atoms with E-state index in [1.54, 1.807) is 12.4 Å². The molecule has 0 radical (unpaired) electrons. The van der Waals surface area contributed by atoms with Gasteiger partial charge in [-0.15, -0.1) is 11.3 Å². The molecule has 5 nitrogen and oxygen atoms in total. The van der Waals surface area contributed by atoms with Crippen molar-refractivity contribution in [3.63, 3.8) is 0 Å². The van der Waals surface area contributed by atoms with Gasteiger partial charge in [-0.2, -0.15) is 0 Å². The van der Waals surface area contributed by atoms with Crippen molar-refractivity contribution in [2.75, 3.05) is 18.4 Å². The number of rotatable bonds is 3. The molecule has 22 heavy (non-hydrogen) atoms. The topological polar surface area (TPSA) is 58.1 Å². The van der Waals surface area contributed by atoms with E-state index in [1.165, 1.54) is 11.3 Å². The zero-order chi connectivity index (χ0) is 15.0. The van der Waals surface area contributed by atoms with Crippen LogP contribution in [-0.4, -0.2) is 39.9 Å². The van der Waals surface area contributed by atoms with E-state index >= 15 is 0 Å². The maximum absolute atomic E-state index is 12.4. The Hall–Kier alpha value is -1.95. The molecule has 2 aromatic heterocycles. The minimum atomic E-state index is 0.190. The molecule has 1 N–H and O–H groups in total. The van der Waals surface area contributed by atoms with Crippen LogP contribution in [0.1, 0.15) is 28.9 Å². The number of anilines is 1. The lowest BCUT2D eigenvalue weighted by Gasteiger charge is -2.45. The van der Waals surface area contributed by atoms with Gasteiger partial charge in [-0.25, -0.2) is 9.97 Å². The van der Waals surface area contributed by atoms with Crippen LogP contribution >= 0.6 is 11.3 Å². The molecule has 1 saturated carbocycles. The average molecular weight is 314 g/mol. The van der Waals surface area contributed by atoms with Crippen molar-refractivity contribution in [1.29, 1.82) is 0 Å². The van der Waals surface area contributed by atoms with E-state index in [0.717, 1.165) is 37.2 Å². The van der Waals surface area contributed by atoms with Gasteiger partial charge in [-0.3, -0.25) is 4.79 Å². The first kappa shape index (κ1) is 13.7. The number of likely N-dealkylation sites (tertiary alicyclic amines) is 1. The van der Waals surface area contributed by atoms with Gasteiger partial charge in [0.1, 0.15) is 0 Å². The summed E-state index contributed by atoms with van der Waals surface area (Å²) in [6.45, 7) is 1.77. The molecule has 0 aromatic carbocycles. The molecular weight excluding hydrogens is 296 g/mol. The number of nitrogens with one attached hydrogen (secondary N) is 1. The van der Waals surface area contributed by atoms with Crippen LogP contribution in [0.2, 0.25) is 0 Å². The second kappa shape index (κ2) is 5.35. The maximum atomic E-state index is 12.4. The quantitative estimate of drug-likeness (QED) is 0.946. The number of amides is 1. The molecule has 2 fully saturated rings. The molecule has 6 heteroatoms. The summed E-state index contributed by atoms with van der Waals surface area (Å²) in [6.07, 6.45) is 6.80. The number of nitrogens with zero attached hydrogens (tertiary/aromatic N) is 3. The van der Waals surface area contributed by atoms with E-state index in [0.29, 0.717) is 17.4 Å². The molecule has 114 valence electrons. The van der Waals surface area contributed by atoms with Gasteiger partial charge in [-0.05, 0) is 42.2 Å². The fourth-order valence-corrected chi connectivity index (χ4v) is 4.33. The number of hydrogen-bond donors (Lipinski definition) is 1. The summed E-state index contributed by atoms with van der Waals surface area (Å²) < 4.78 is 0. The Labute approximate surface area is 133 Å². The largest absolute Gasteiger partial charge is 0.351 e. The van der Waals surface area contributed by atoms with Crippen molar-refractivity contribution in [2.24, 2.45) is 5.41 Å². The molecule has 3 heterocycles. The first-order valence-electron chi connectivity index (χ1n) is 7.61. The maximum Gasteiger partial charge on any atom is 0.263 e. The van der Waals surface area contributed by atoms with Gasteiger partial charge in [0.15, 0.2) is 0 Å². The van der Waals surface area contributed by atoms with Gasteiger partial charge in [-0.1, -0.05) is 6.07 Å². The molecular formula is C16H18N4OS. The van der Waals surface area contributed by atoms with Gasteiger partial charge in [0.25, 0.3) is 5.91 Å². The summed E-state index contributed by atoms with van der Waals surface area (Å²) in [5.41, 5.74) is 0.305. The first-order chi connectivity index (χ1) is 10.7. The van der Waals surface area contributed by atoms with Crippen molar-refractivity contribution in [2.45, 2.75) is 25.3 Å². The van der Waals surface area contributed by atoms with Crippen LogP contribution in [0.5, 0.6) is 0 Å². The third-order valence-corrected chi connectivity index (χ3v) is 5.57. The molecule has 1 aliphatic heterocycles. The summed E-state index contributed by atoms with van der Waals surface area (Å²) in [7, 11) is 0. The van der Waals surface area contributed by atoms with E-state index in [4.69, 9.17) is 0 Å². The van der Waals surface area contributed by atoms with E-state index in [1.807, 2.05) is 28.5 Å². The molecule has 2 aromatic rings. The highest BCUT2D eigenvalue weighted by atomic mass is 32.1. The number of aromatic nitrogens is 2. The Kier molecular flexibility index (Phi) is 3.33. The highest BCUT2D eigenvalue weighted by Gasteiger charge is 2.49. The Morgan fingerprint density at radius 3 is 2.86 bits per heavy atom. The Morgan fingerprint density at radius 2 is 2.14 bits per heavy atom. The predicted octanol–water partition coefficient (Wildman–Crippen LogP) is 2.64. The van der Waals surface area contributed by atoms with Gasteiger partial charge in [0, 0.05) is 31.5 Å². The van der Waals surface area contributed by atoms with Crippen LogP contribution in [-0.2, 0) is 0 Å². The minimum Gasteiger partial charge on any atom is -0.351 e. The van der Waals surface area contributed by atoms with Crippen molar-refractivity contribution in [3.8, 4) is 0 Å². The van der Waals surface area contributed by atoms with E-state index in [-0.39, 0.29) is 5.91 Å². The molecule has 0 bridgehead atoms. The number of hydrogen-bond acceptors (Lipinski definition) is 5. The zero-order valence-electron chi connectivity index (χ0n) is 12.2. The molecule has 0 atom stereocenters. The van der Waals surface area contributed by atoms with E-state index < -0.39 is 0 Å². The number of carbonyl (C=O) groups is 1. The second-order valence-electron chi connectivity index (χ2n) is 6.28. The summed E-state index contributed by atoms with van der Waals surface area (Å²) >= 11 is 1.53. The Morgan fingerprint density at radius 1 is 1.32 bits per heavy atom. The average Bonchev–Trinajstić information content (AvgIpc) is 3.17. The Bertz CT molecular complexity index is 652. The highest BCUT2D eigenvalue weighted by Crippen LogP contribution is 2.49. The molecule has 1 amide bonds. The Balaban J connectivity index is 1.33. The molecule has 2 aliphatic rings. The van der Waals surface area contributed by atoms with E-state index in [2.05, 4.69) is 15.3 Å². The fraction of sp³-hybridized carbons (Fsp3) is 0.438. The van der Waals surface area contributed by atoms with Gasteiger partial charge < -0.3 is 10.2 Å². The van der Waals surface area contributed by atoms with Crippen LogP contribution < -0.4 is 5.32 Å². The normalized spacial score (nSPS) is 26.9. The second-order valence-corrected chi connectivity index (χ2v) is 7.22. The minimum absolute atomic E-state index is 0.190. The lowest BCUT2D eigenvalue weighted by molar-refractivity contribution is 0.0720. The monoisotopic (exact) mass is 314 g/mol. The molecule has 1 spiro atoms. The van der Waals surface area contributed by atoms with Crippen molar-refractivity contribution < 1.29 is 4.79 Å². The van der Waals surface area contributed by atoms with Crippen LogP contribution in [0.4, 0.5) is 5.95 Å². The summed E-state index contributed by atoms with van der Waals surface area (Å²) in [6, 6.07) is 6.10. The molecule has 0 unspecified atom stereocenters. The number of thiophene rings is 1. The fourth-order valence-electron chi connectivity index (χ4n) is 3.64. The number of carbonyl (C=O) groups excluding carboxylic acids is 1. The van der Waals surface area contributed by atoms with Crippen molar-refractivity contribution in [3.05, 3.63) is 40.8 Å². The van der Waals surface area contributed by atoms with E-state index in [9.17, 15) is 4.79 Å². The van der Waals surface area contributed by atoms with Gasteiger partial charge in [0.05, 0.1) is 4.88 Å². The smallest absolute Gasteiger partial charge is 0.263 e. The highest BCUT2D eigenvalue weighted by molar-refractivity contribution is 7.12. The summed E-state index contributed by atoms with van der Waals surface area (Å²) in [5.74, 6) is 0.890. The van der Waals surface area contributed by atoms with Crippen LogP contribution in [0.15, 0.2) is 36.0 Å². The van der Waals surface area contributed by atoms with Crippen molar-refractivity contribution in [1.82, 2.24) is 14.9 Å². The first-order valence-corrected chi connectivity index (χ1v) is 8.48. The molecule has 4 rings (SSSR count). The van der Waals surface area contributed by atoms with Crippen LogP contribution in [0.3, 0.4) is 0 Å². The molecule has 1 saturated heterocycles. The third kappa shape index (κ3) is 2.47. The van der Waals surface area contributed by atoms with Crippen LogP contribution in [0, 0.1) is 5.41 Å². The summed E-state index contributed by atoms with van der Waals surface area (Å²) in [5, 5.41) is 5.34. The van der Waals surface area contributed by atoms with Gasteiger partial charge in [0.2, 0.25) is 5.95 Å². The predicted molar refractivity (Wildman–Crippen MR) is 85.9 cm³/mol. The standard InChI is InChI=1S/C16H18N4OS/c21-14(13-3-1-8-22-13)20-7-4-16(11-20)9-12(10-16)19-15-17-5-2-6-18-15/h1-3,5-6,8,12H,4,7,9-11H2,(H,17,18,19). The lowest BCUT2D eigenvalue weighted by atomic mass is 9.65. The van der Waals surface area contributed by atoms with Crippen molar-refractivity contribution >= 4 is 23.2 Å². The summed E-state index contributed by atoms with van der Waals surface area (Å²) in [4.78, 5) is 23.7. The SMILES string of the molecule is O=C(c1cccs1)N1CCC2(CC(Nc3ncccn3)C2)C1. The van der Waals surface area contributed by atoms with Gasteiger partial charge >= 0.3 is 0 Å². The zero-order valence-corrected chi connectivity index (χ0v) is 13.1. The molecule has 1 aliphatic carbocycles.